The van der Waals surface area contributed by atoms with Gasteiger partial charge in [-0.3, -0.25) is 9.11 Å². The number of rotatable bonds is 3. The zero-order chi connectivity index (χ0) is 10.7. The molecule has 0 atom stereocenters. The third-order valence-corrected chi connectivity index (χ3v) is 1.99. The zero-order valence-corrected chi connectivity index (χ0v) is 8.21. The Balaban J connectivity index is 4.79. The predicted molar refractivity (Wildman–Crippen MR) is 46.0 cm³/mol. The summed E-state index contributed by atoms with van der Waals surface area (Å²) in [5.41, 5.74) is -0.0277. The Morgan fingerprint density at radius 2 is 1.54 bits per heavy atom. The minimum atomic E-state index is -4.28. The van der Waals surface area contributed by atoms with E-state index in [-0.39, 0.29) is 5.57 Å². The SMILES string of the molecule is CC(C=CS(=O)(=O)O)=CS(=O)(=O)O. The molecule has 0 aliphatic rings. The first kappa shape index (κ1) is 12.3. The minimum absolute atomic E-state index is 0.0277. The second-order valence-corrected chi connectivity index (χ2v) is 4.76. The summed E-state index contributed by atoms with van der Waals surface area (Å²) < 4.78 is 57.1. The molecule has 0 unspecified atom stereocenters. The Kier molecular flexibility index (Phi) is 3.79. The average Bonchev–Trinajstić information content (AvgIpc) is 1.78. The maximum atomic E-state index is 10.2. The molecule has 0 radical (unpaired) electrons. The molecular weight excluding hydrogens is 220 g/mol. The van der Waals surface area contributed by atoms with Crippen molar-refractivity contribution in [1.82, 2.24) is 0 Å². The third kappa shape index (κ3) is 9.21. The monoisotopic (exact) mass is 228 g/mol. The van der Waals surface area contributed by atoms with Crippen LogP contribution in [0.3, 0.4) is 0 Å². The lowest BCUT2D eigenvalue weighted by Gasteiger charge is -1.89. The van der Waals surface area contributed by atoms with Crippen molar-refractivity contribution in [3.05, 3.63) is 22.5 Å². The van der Waals surface area contributed by atoms with Crippen molar-refractivity contribution in [2.75, 3.05) is 0 Å². The summed E-state index contributed by atoms with van der Waals surface area (Å²) >= 11 is 0. The van der Waals surface area contributed by atoms with Gasteiger partial charge in [0.15, 0.2) is 0 Å². The van der Waals surface area contributed by atoms with Gasteiger partial charge in [0.2, 0.25) is 0 Å². The van der Waals surface area contributed by atoms with Crippen LogP contribution in [0, 0.1) is 0 Å². The van der Waals surface area contributed by atoms with Crippen LogP contribution in [0.4, 0.5) is 0 Å². The fourth-order valence-electron chi connectivity index (χ4n) is 0.468. The van der Waals surface area contributed by atoms with Crippen LogP contribution in [-0.4, -0.2) is 25.9 Å². The largest absolute Gasteiger partial charge is 0.287 e. The van der Waals surface area contributed by atoms with Crippen LogP contribution in [0.25, 0.3) is 0 Å². The lowest BCUT2D eigenvalue weighted by Crippen LogP contribution is -1.92. The molecule has 0 saturated carbocycles. The van der Waals surface area contributed by atoms with Gasteiger partial charge in [-0.25, -0.2) is 0 Å². The first-order chi connectivity index (χ1) is 5.60. The molecule has 0 aliphatic carbocycles. The van der Waals surface area contributed by atoms with Gasteiger partial charge < -0.3 is 0 Å². The zero-order valence-electron chi connectivity index (χ0n) is 6.58. The van der Waals surface area contributed by atoms with Gasteiger partial charge >= 0.3 is 0 Å². The van der Waals surface area contributed by atoms with E-state index in [0.29, 0.717) is 10.8 Å². The molecule has 76 valence electrons. The second kappa shape index (κ2) is 4.01. The predicted octanol–water partition coefficient (Wildman–Crippen LogP) is 0.180. The van der Waals surface area contributed by atoms with Crippen molar-refractivity contribution in [3.63, 3.8) is 0 Å². The summed E-state index contributed by atoms with van der Waals surface area (Å²) in [6.45, 7) is 1.25. The third-order valence-electron chi connectivity index (χ3n) is 0.838. The first-order valence-electron chi connectivity index (χ1n) is 2.91. The normalized spacial score (nSPS) is 15.2. The number of hydrogen-bond donors (Lipinski definition) is 2. The summed E-state index contributed by atoms with van der Waals surface area (Å²) in [5.74, 6) is 0. The minimum Gasteiger partial charge on any atom is -0.282 e. The van der Waals surface area contributed by atoms with Gasteiger partial charge in [0.25, 0.3) is 20.2 Å². The quantitative estimate of drug-likeness (QED) is 0.526. The molecule has 0 aliphatic heterocycles. The van der Waals surface area contributed by atoms with E-state index in [9.17, 15) is 16.8 Å². The van der Waals surface area contributed by atoms with E-state index < -0.39 is 20.2 Å². The van der Waals surface area contributed by atoms with Crippen LogP contribution in [0.2, 0.25) is 0 Å². The topological polar surface area (TPSA) is 109 Å². The van der Waals surface area contributed by atoms with E-state index in [1.165, 1.54) is 6.92 Å². The molecule has 13 heavy (non-hydrogen) atoms. The first-order valence-corrected chi connectivity index (χ1v) is 5.92. The Bertz CT molecular complexity index is 424. The van der Waals surface area contributed by atoms with Crippen LogP contribution in [-0.2, 0) is 20.2 Å². The fourth-order valence-corrected chi connectivity index (χ4v) is 1.40. The molecule has 6 nitrogen and oxygen atoms in total. The standard InChI is InChI=1S/C5H8O6S2/c1-5(4-13(9,10)11)2-3-12(6,7)8/h2-4H,1H3,(H,6,7,8)(H,9,10,11). The van der Waals surface area contributed by atoms with Crippen molar-refractivity contribution in [1.29, 1.82) is 0 Å². The van der Waals surface area contributed by atoms with Crippen molar-refractivity contribution in [3.8, 4) is 0 Å². The summed E-state index contributed by atoms with van der Waals surface area (Å²) in [6, 6.07) is 0. The van der Waals surface area contributed by atoms with Crippen molar-refractivity contribution >= 4 is 20.2 Å². The maximum Gasteiger partial charge on any atom is 0.287 e. The Labute approximate surface area is 76.1 Å². The smallest absolute Gasteiger partial charge is 0.282 e. The number of hydrogen-bond acceptors (Lipinski definition) is 4. The highest BCUT2D eigenvalue weighted by molar-refractivity contribution is 7.89. The molecular formula is C5H8O6S2. The molecule has 0 bridgehead atoms. The fraction of sp³-hybridized carbons (Fsp3) is 0.200. The van der Waals surface area contributed by atoms with Gasteiger partial charge in [0.1, 0.15) is 0 Å². The molecule has 0 saturated heterocycles. The van der Waals surface area contributed by atoms with Gasteiger partial charge in [-0.2, -0.15) is 16.8 Å². The van der Waals surface area contributed by atoms with Gasteiger partial charge in [0, 0.05) is 0 Å². The maximum absolute atomic E-state index is 10.2. The lowest BCUT2D eigenvalue weighted by molar-refractivity contribution is 0.491. The van der Waals surface area contributed by atoms with E-state index in [1.807, 2.05) is 0 Å². The second-order valence-electron chi connectivity index (χ2n) is 2.19. The molecule has 0 aromatic heterocycles. The molecule has 0 aromatic carbocycles. The molecule has 8 heteroatoms. The van der Waals surface area contributed by atoms with Crippen LogP contribution < -0.4 is 0 Å². The highest BCUT2D eigenvalue weighted by atomic mass is 32.2. The van der Waals surface area contributed by atoms with E-state index >= 15 is 0 Å². The average molecular weight is 228 g/mol. The Morgan fingerprint density at radius 1 is 1.08 bits per heavy atom. The summed E-state index contributed by atoms with van der Waals surface area (Å²) in [6.07, 6.45) is 0.836. The molecule has 0 amide bonds. The molecule has 0 spiro atoms. The Hall–Kier alpha value is -0.700. The summed E-state index contributed by atoms with van der Waals surface area (Å²) in [5, 5.41) is 0.860. The van der Waals surface area contributed by atoms with E-state index in [2.05, 4.69) is 0 Å². The molecule has 2 N–H and O–H groups in total. The molecule has 0 heterocycles. The Morgan fingerprint density at radius 3 is 1.85 bits per heavy atom. The van der Waals surface area contributed by atoms with Gasteiger partial charge in [0.05, 0.1) is 10.8 Å². The molecule has 0 aromatic rings. The van der Waals surface area contributed by atoms with Gasteiger partial charge in [-0.05, 0) is 18.6 Å². The summed E-state index contributed by atoms with van der Waals surface area (Å²) in [7, 11) is -8.55. The highest BCUT2D eigenvalue weighted by Crippen LogP contribution is 2.00. The van der Waals surface area contributed by atoms with Crippen LogP contribution in [0.5, 0.6) is 0 Å². The van der Waals surface area contributed by atoms with Crippen LogP contribution >= 0.6 is 0 Å². The summed E-state index contributed by atoms with van der Waals surface area (Å²) in [4.78, 5) is 0. The van der Waals surface area contributed by atoms with Crippen LogP contribution in [0.15, 0.2) is 22.5 Å². The van der Waals surface area contributed by atoms with Crippen molar-refractivity contribution in [2.24, 2.45) is 0 Å². The lowest BCUT2D eigenvalue weighted by atomic mass is 10.4. The van der Waals surface area contributed by atoms with Crippen molar-refractivity contribution in [2.45, 2.75) is 6.92 Å². The van der Waals surface area contributed by atoms with Crippen molar-refractivity contribution < 1.29 is 25.9 Å². The van der Waals surface area contributed by atoms with Gasteiger partial charge in [-0.1, -0.05) is 0 Å². The van der Waals surface area contributed by atoms with E-state index in [0.717, 1.165) is 6.08 Å². The van der Waals surface area contributed by atoms with Gasteiger partial charge in [-0.15, -0.1) is 0 Å². The van der Waals surface area contributed by atoms with E-state index in [4.69, 9.17) is 9.11 Å². The van der Waals surface area contributed by atoms with Crippen LogP contribution in [0.1, 0.15) is 6.92 Å². The highest BCUT2D eigenvalue weighted by Gasteiger charge is 1.99. The van der Waals surface area contributed by atoms with E-state index in [1.54, 1.807) is 0 Å². The molecule has 0 fully saturated rings. The number of allylic oxidation sites excluding steroid dienone is 2. The molecule has 0 rings (SSSR count).